The van der Waals surface area contributed by atoms with Gasteiger partial charge in [0.25, 0.3) is 5.91 Å². The fourth-order valence-electron chi connectivity index (χ4n) is 3.63. The van der Waals surface area contributed by atoms with Crippen molar-refractivity contribution in [2.24, 2.45) is 7.05 Å². The zero-order valence-corrected chi connectivity index (χ0v) is 17.1. The summed E-state index contributed by atoms with van der Waals surface area (Å²) in [6.07, 6.45) is 2.22. The van der Waals surface area contributed by atoms with Crippen LogP contribution in [0.25, 0.3) is 0 Å². The molecule has 0 unspecified atom stereocenters. The van der Waals surface area contributed by atoms with Crippen LogP contribution in [0.3, 0.4) is 0 Å². The summed E-state index contributed by atoms with van der Waals surface area (Å²) in [4.78, 5) is 28.9. The van der Waals surface area contributed by atoms with Crippen molar-refractivity contribution >= 4 is 12.0 Å². The molecule has 27 heavy (non-hydrogen) atoms. The Morgan fingerprint density at radius 1 is 1.26 bits per heavy atom. The molecule has 2 amide bonds. The molecule has 0 bridgehead atoms. The van der Waals surface area contributed by atoms with Crippen LogP contribution >= 0.6 is 0 Å². The molecule has 2 aliphatic rings. The second-order valence-corrected chi connectivity index (χ2v) is 8.45. The highest BCUT2D eigenvalue weighted by atomic mass is 16.6. The van der Waals surface area contributed by atoms with Gasteiger partial charge in [0.1, 0.15) is 5.60 Å². The Hall–Kier alpha value is -2.09. The van der Waals surface area contributed by atoms with Gasteiger partial charge in [-0.3, -0.25) is 9.48 Å². The molecule has 8 nitrogen and oxygen atoms in total. The van der Waals surface area contributed by atoms with E-state index < -0.39 is 5.60 Å². The van der Waals surface area contributed by atoms with Crippen molar-refractivity contribution in [1.29, 1.82) is 0 Å². The number of aryl methyl sites for hydroxylation is 1. The molecule has 1 fully saturated rings. The van der Waals surface area contributed by atoms with Crippen molar-refractivity contribution in [1.82, 2.24) is 19.6 Å². The summed E-state index contributed by atoms with van der Waals surface area (Å²) in [7, 11) is 5.36. The zero-order valence-electron chi connectivity index (χ0n) is 17.1. The fraction of sp³-hybridized carbons (Fsp3) is 0.737. The predicted octanol–water partition coefficient (Wildman–Crippen LogP) is 1.96. The quantitative estimate of drug-likeness (QED) is 0.804. The lowest BCUT2D eigenvalue weighted by atomic mass is 9.88. The second kappa shape index (κ2) is 7.14. The standard InChI is InChI=1S/C19H30N4O4/c1-19(2,3)27-18(25)23-8-7-15-14(11-23)16(20-22(15)5)17(24)21(4)12-9-13(10-12)26-6/h12-13H,7-11H2,1-6H3. The maximum Gasteiger partial charge on any atom is 0.410 e. The third-order valence-corrected chi connectivity index (χ3v) is 5.37. The minimum Gasteiger partial charge on any atom is -0.444 e. The highest BCUT2D eigenvalue weighted by molar-refractivity contribution is 5.94. The van der Waals surface area contributed by atoms with E-state index in [1.54, 1.807) is 21.6 Å². The Balaban J connectivity index is 1.76. The summed E-state index contributed by atoms with van der Waals surface area (Å²) in [5, 5.41) is 4.48. The van der Waals surface area contributed by atoms with E-state index in [1.165, 1.54) is 0 Å². The van der Waals surface area contributed by atoms with Crippen LogP contribution in [0.5, 0.6) is 0 Å². The van der Waals surface area contributed by atoms with E-state index in [-0.39, 0.29) is 24.1 Å². The molecule has 0 radical (unpaired) electrons. The van der Waals surface area contributed by atoms with Crippen LogP contribution in [0.1, 0.15) is 55.4 Å². The first-order valence-corrected chi connectivity index (χ1v) is 9.43. The number of nitrogens with zero attached hydrogens (tertiary/aromatic N) is 4. The van der Waals surface area contributed by atoms with Crippen LogP contribution in [-0.4, -0.2) is 70.0 Å². The fourth-order valence-corrected chi connectivity index (χ4v) is 3.63. The zero-order chi connectivity index (χ0) is 19.9. The van der Waals surface area contributed by atoms with E-state index in [2.05, 4.69) is 5.10 Å². The highest BCUT2D eigenvalue weighted by Gasteiger charge is 2.37. The number of ether oxygens (including phenoxy) is 2. The monoisotopic (exact) mass is 378 g/mol. The number of amides is 2. The number of carbonyl (C=O) groups excluding carboxylic acids is 2. The van der Waals surface area contributed by atoms with Crippen molar-refractivity contribution < 1.29 is 19.1 Å². The molecule has 0 atom stereocenters. The van der Waals surface area contributed by atoms with Gasteiger partial charge in [-0.05, 0) is 33.6 Å². The smallest absolute Gasteiger partial charge is 0.410 e. The van der Waals surface area contributed by atoms with Gasteiger partial charge in [-0.25, -0.2) is 4.79 Å². The number of aromatic nitrogens is 2. The van der Waals surface area contributed by atoms with Crippen LogP contribution in [0, 0.1) is 0 Å². The van der Waals surface area contributed by atoms with Crippen LogP contribution in [0.15, 0.2) is 0 Å². The van der Waals surface area contributed by atoms with Gasteiger partial charge < -0.3 is 19.3 Å². The SMILES string of the molecule is COC1CC(N(C)C(=O)c2nn(C)c3c2CN(C(=O)OC(C)(C)C)CC3)C1. The molecule has 1 aliphatic carbocycles. The van der Waals surface area contributed by atoms with Gasteiger partial charge in [0.2, 0.25) is 0 Å². The van der Waals surface area contributed by atoms with Crippen molar-refractivity contribution in [3.8, 4) is 0 Å². The first kappa shape index (κ1) is 19.7. The lowest BCUT2D eigenvalue weighted by Gasteiger charge is -2.40. The van der Waals surface area contributed by atoms with Gasteiger partial charge in [-0.15, -0.1) is 0 Å². The maximum absolute atomic E-state index is 13.0. The van der Waals surface area contributed by atoms with Crippen LogP contribution in [-0.2, 0) is 29.5 Å². The Morgan fingerprint density at radius 3 is 2.52 bits per heavy atom. The molecule has 2 heterocycles. The lowest BCUT2D eigenvalue weighted by molar-refractivity contribution is -0.0147. The number of carbonyl (C=O) groups is 2. The van der Waals surface area contributed by atoms with Gasteiger partial charge in [0.15, 0.2) is 5.69 Å². The van der Waals surface area contributed by atoms with Gasteiger partial charge in [-0.1, -0.05) is 0 Å². The molecular formula is C19H30N4O4. The van der Waals surface area contributed by atoms with Crippen molar-refractivity contribution in [2.75, 3.05) is 20.7 Å². The summed E-state index contributed by atoms with van der Waals surface area (Å²) in [6, 6.07) is 0.172. The van der Waals surface area contributed by atoms with Gasteiger partial charge in [-0.2, -0.15) is 5.10 Å². The number of hydrogen-bond donors (Lipinski definition) is 0. The molecule has 0 spiro atoms. The predicted molar refractivity (Wildman–Crippen MR) is 99.5 cm³/mol. The van der Waals surface area contributed by atoms with Crippen LogP contribution in [0.2, 0.25) is 0 Å². The van der Waals surface area contributed by atoms with Crippen molar-refractivity contribution in [3.63, 3.8) is 0 Å². The van der Waals surface area contributed by atoms with Crippen molar-refractivity contribution in [3.05, 3.63) is 17.0 Å². The van der Waals surface area contributed by atoms with Gasteiger partial charge >= 0.3 is 6.09 Å². The topological polar surface area (TPSA) is 76.9 Å². The summed E-state index contributed by atoms with van der Waals surface area (Å²) in [5.41, 5.74) is 1.72. The first-order valence-electron chi connectivity index (χ1n) is 9.43. The molecule has 0 aromatic carbocycles. The Bertz CT molecular complexity index is 731. The van der Waals surface area contributed by atoms with E-state index in [0.29, 0.717) is 25.2 Å². The van der Waals surface area contributed by atoms with E-state index in [1.807, 2.05) is 34.9 Å². The van der Waals surface area contributed by atoms with Crippen LogP contribution < -0.4 is 0 Å². The molecule has 1 aliphatic heterocycles. The van der Waals surface area contributed by atoms with Crippen LogP contribution in [0.4, 0.5) is 4.79 Å². The number of fused-ring (bicyclic) bond motifs is 1. The summed E-state index contributed by atoms with van der Waals surface area (Å²) in [6.45, 7) is 6.45. The van der Waals surface area contributed by atoms with E-state index in [4.69, 9.17) is 9.47 Å². The van der Waals surface area contributed by atoms with Gasteiger partial charge in [0.05, 0.1) is 12.6 Å². The Labute approximate surface area is 160 Å². The molecule has 1 saturated carbocycles. The number of methoxy groups -OCH3 is 1. The minimum atomic E-state index is -0.548. The van der Waals surface area contributed by atoms with Gasteiger partial charge in [0, 0.05) is 51.5 Å². The number of hydrogen-bond acceptors (Lipinski definition) is 5. The Kier molecular flexibility index (Phi) is 5.20. The highest BCUT2D eigenvalue weighted by Crippen LogP contribution is 2.30. The lowest BCUT2D eigenvalue weighted by Crippen LogP contribution is -2.49. The molecular weight excluding hydrogens is 348 g/mol. The average molecular weight is 378 g/mol. The first-order chi connectivity index (χ1) is 12.6. The Morgan fingerprint density at radius 2 is 1.93 bits per heavy atom. The molecule has 1 aromatic heterocycles. The number of rotatable bonds is 3. The molecule has 0 saturated heterocycles. The third-order valence-electron chi connectivity index (χ3n) is 5.37. The molecule has 3 rings (SSSR count). The molecule has 8 heteroatoms. The maximum atomic E-state index is 13.0. The summed E-state index contributed by atoms with van der Waals surface area (Å²) < 4.78 is 12.6. The minimum absolute atomic E-state index is 0.0996. The third kappa shape index (κ3) is 3.95. The average Bonchev–Trinajstić information content (AvgIpc) is 2.88. The van der Waals surface area contributed by atoms with Crippen molar-refractivity contribution in [2.45, 2.75) is 64.3 Å². The summed E-state index contributed by atoms with van der Waals surface area (Å²) in [5.74, 6) is -0.0996. The molecule has 0 N–H and O–H groups in total. The normalized spacial score (nSPS) is 22.1. The summed E-state index contributed by atoms with van der Waals surface area (Å²) >= 11 is 0. The van der Waals surface area contributed by atoms with E-state index in [9.17, 15) is 9.59 Å². The second-order valence-electron chi connectivity index (χ2n) is 8.45. The molecule has 1 aromatic rings. The van der Waals surface area contributed by atoms with E-state index >= 15 is 0 Å². The van der Waals surface area contributed by atoms with E-state index in [0.717, 1.165) is 24.1 Å². The molecule has 150 valence electrons. The largest absolute Gasteiger partial charge is 0.444 e.